The van der Waals surface area contributed by atoms with Crippen LogP contribution < -0.4 is 5.43 Å². The van der Waals surface area contributed by atoms with Gasteiger partial charge in [0.2, 0.25) is 0 Å². The molecule has 0 aromatic carbocycles. The van der Waals surface area contributed by atoms with E-state index in [0.717, 1.165) is 0 Å². The molecule has 0 unspecified atom stereocenters. The first-order chi connectivity index (χ1) is 7.25. The zero-order valence-corrected chi connectivity index (χ0v) is 8.24. The van der Waals surface area contributed by atoms with Crippen molar-refractivity contribution in [3.05, 3.63) is 53.0 Å². The number of imidazole rings is 1. The Labute approximate surface area is 86.3 Å². The fourth-order valence-corrected chi connectivity index (χ4v) is 1.11. The summed E-state index contributed by atoms with van der Waals surface area (Å²) in [7, 11) is 0. The summed E-state index contributed by atoms with van der Waals surface area (Å²) in [5, 5.41) is 4.13. The molecule has 2 aromatic rings. The monoisotopic (exact) mass is 202 g/mol. The van der Waals surface area contributed by atoms with Crippen LogP contribution in [0.4, 0.5) is 0 Å². The molecular formula is C10H10N4O. The third-order valence-corrected chi connectivity index (χ3v) is 1.94. The van der Waals surface area contributed by atoms with Gasteiger partial charge in [-0.25, -0.2) is 9.66 Å². The fourth-order valence-electron chi connectivity index (χ4n) is 1.11. The van der Waals surface area contributed by atoms with E-state index in [1.165, 1.54) is 6.07 Å². The van der Waals surface area contributed by atoms with E-state index in [9.17, 15) is 4.79 Å². The third kappa shape index (κ3) is 2.19. The molecule has 2 heterocycles. The maximum absolute atomic E-state index is 11.1. The second-order valence-corrected chi connectivity index (χ2v) is 3.11. The van der Waals surface area contributed by atoms with Crippen molar-refractivity contribution in [3.8, 4) is 0 Å². The average Bonchev–Trinajstić information content (AvgIpc) is 2.73. The van der Waals surface area contributed by atoms with Crippen LogP contribution in [0.25, 0.3) is 0 Å². The molecular weight excluding hydrogens is 192 g/mol. The van der Waals surface area contributed by atoms with Crippen LogP contribution in [0.5, 0.6) is 0 Å². The number of pyridine rings is 1. The lowest BCUT2D eigenvalue weighted by Gasteiger charge is -1.98. The number of aromatic nitrogens is 3. The molecule has 0 spiro atoms. The summed E-state index contributed by atoms with van der Waals surface area (Å²) in [6.45, 7) is 1.76. The second kappa shape index (κ2) is 3.91. The molecule has 0 saturated carbocycles. The molecule has 0 saturated heterocycles. The van der Waals surface area contributed by atoms with Crippen molar-refractivity contribution < 1.29 is 0 Å². The standard InChI is InChI=1S/C10H10N4O/c1-9-6-14(4-2-10(9)15)12-8-13-5-3-11-7-13/h2-8H,1H3. The molecule has 0 aliphatic heterocycles. The lowest BCUT2D eigenvalue weighted by Crippen LogP contribution is -2.06. The molecule has 5 heteroatoms. The smallest absolute Gasteiger partial charge is 0.184 e. The molecule has 15 heavy (non-hydrogen) atoms. The zero-order chi connectivity index (χ0) is 10.7. The Bertz CT molecular complexity index is 525. The van der Waals surface area contributed by atoms with Crippen molar-refractivity contribution >= 4 is 6.34 Å². The summed E-state index contributed by atoms with van der Waals surface area (Å²) in [5.74, 6) is 0. The molecule has 5 nitrogen and oxygen atoms in total. The summed E-state index contributed by atoms with van der Waals surface area (Å²) in [5.41, 5.74) is 0.685. The Kier molecular flexibility index (Phi) is 2.45. The summed E-state index contributed by atoms with van der Waals surface area (Å²) >= 11 is 0. The van der Waals surface area contributed by atoms with Crippen LogP contribution in [0.3, 0.4) is 0 Å². The summed E-state index contributed by atoms with van der Waals surface area (Å²) < 4.78 is 3.30. The Morgan fingerprint density at radius 1 is 1.47 bits per heavy atom. The van der Waals surface area contributed by atoms with Crippen molar-refractivity contribution in [2.45, 2.75) is 6.92 Å². The highest BCUT2D eigenvalue weighted by Crippen LogP contribution is 1.89. The van der Waals surface area contributed by atoms with Gasteiger partial charge in [0.25, 0.3) is 0 Å². The highest BCUT2D eigenvalue weighted by Gasteiger charge is 1.91. The Balaban J connectivity index is 2.25. The highest BCUT2D eigenvalue weighted by molar-refractivity contribution is 5.57. The lowest BCUT2D eigenvalue weighted by molar-refractivity contribution is 0.850. The van der Waals surface area contributed by atoms with Crippen LogP contribution in [0.2, 0.25) is 0 Å². The second-order valence-electron chi connectivity index (χ2n) is 3.11. The number of hydrogen-bond acceptors (Lipinski definition) is 3. The van der Waals surface area contributed by atoms with Crippen molar-refractivity contribution in [2.24, 2.45) is 5.10 Å². The minimum Gasteiger partial charge on any atom is -0.295 e. The predicted molar refractivity (Wildman–Crippen MR) is 57.0 cm³/mol. The van der Waals surface area contributed by atoms with Crippen LogP contribution >= 0.6 is 0 Å². The van der Waals surface area contributed by atoms with E-state index in [1.807, 2.05) is 0 Å². The molecule has 0 atom stereocenters. The van der Waals surface area contributed by atoms with Crippen molar-refractivity contribution in [3.63, 3.8) is 0 Å². The van der Waals surface area contributed by atoms with Crippen LogP contribution in [-0.2, 0) is 0 Å². The fraction of sp³-hybridized carbons (Fsp3) is 0.100. The first-order valence-electron chi connectivity index (χ1n) is 4.46. The maximum atomic E-state index is 11.1. The number of nitrogens with zero attached hydrogens (tertiary/aromatic N) is 4. The van der Waals surface area contributed by atoms with Gasteiger partial charge in [-0.2, -0.15) is 5.10 Å². The lowest BCUT2D eigenvalue weighted by atomic mass is 10.3. The predicted octanol–water partition coefficient (Wildman–Crippen LogP) is 0.693. The van der Waals surface area contributed by atoms with E-state index >= 15 is 0 Å². The van der Waals surface area contributed by atoms with E-state index in [0.29, 0.717) is 5.56 Å². The molecule has 0 aliphatic rings. The Hall–Kier alpha value is -2.17. The van der Waals surface area contributed by atoms with Crippen LogP contribution in [0, 0.1) is 6.92 Å². The SMILES string of the molecule is Cc1cn(N=Cn2ccnc2)ccc1=O. The van der Waals surface area contributed by atoms with Crippen molar-refractivity contribution in [2.75, 3.05) is 0 Å². The van der Waals surface area contributed by atoms with E-state index in [-0.39, 0.29) is 5.43 Å². The van der Waals surface area contributed by atoms with E-state index < -0.39 is 0 Å². The van der Waals surface area contributed by atoms with Crippen LogP contribution in [0.15, 0.2) is 47.1 Å². The minimum atomic E-state index is 0.0177. The van der Waals surface area contributed by atoms with Crippen molar-refractivity contribution in [1.29, 1.82) is 0 Å². The van der Waals surface area contributed by atoms with Gasteiger partial charge in [-0.3, -0.25) is 9.36 Å². The molecule has 0 N–H and O–H groups in total. The molecule has 0 radical (unpaired) electrons. The first kappa shape index (κ1) is 9.39. The molecule has 0 aliphatic carbocycles. The minimum absolute atomic E-state index is 0.0177. The number of aryl methyl sites for hydroxylation is 1. The van der Waals surface area contributed by atoms with E-state index in [1.54, 1.807) is 53.6 Å². The largest absolute Gasteiger partial charge is 0.295 e. The van der Waals surface area contributed by atoms with Gasteiger partial charge in [0, 0.05) is 36.4 Å². The van der Waals surface area contributed by atoms with Gasteiger partial charge in [-0.1, -0.05) is 0 Å². The van der Waals surface area contributed by atoms with Gasteiger partial charge in [0.15, 0.2) is 5.43 Å². The van der Waals surface area contributed by atoms with Crippen molar-refractivity contribution in [1.82, 2.24) is 14.2 Å². The quantitative estimate of drug-likeness (QED) is 0.531. The molecule has 2 rings (SSSR count). The average molecular weight is 202 g/mol. The van der Waals surface area contributed by atoms with Gasteiger partial charge >= 0.3 is 0 Å². The molecule has 76 valence electrons. The summed E-state index contributed by atoms with van der Waals surface area (Å²) in [6, 6.07) is 1.49. The molecule has 2 aromatic heterocycles. The van der Waals surface area contributed by atoms with Gasteiger partial charge in [0.1, 0.15) is 6.34 Å². The molecule has 0 fully saturated rings. The van der Waals surface area contributed by atoms with E-state index in [4.69, 9.17) is 0 Å². The topological polar surface area (TPSA) is 52.2 Å². The Morgan fingerprint density at radius 2 is 2.33 bits per heavy atom. The zero-order valence-electron chi connectivity index (χ0n) is 8.24. The van der Waals surface area contributed by atoms with Gasteiger partial charge in [-0.05, 0) is 6.92 Å². The number of hydrogen-bond donors (Lipinski definition) is 0. The third-order valence-electron chi connectivity index (χ3n) is 1.94. The summed E-state index contributed by atoms with van der Waals surface area (Å²) in [4.78, 5) is 15.0. The normalized spacial score (nSPS) is 11.0. The van der Waals surface area contributed by atoms with Crippen LogP contribution in [-0.4, -0.2) is 20.6 Å². The first-order valence-corrected chi connectivity index (χ1v) is 4.46. The number of rotatable bonds is 2. The molecule has 0 amide bonds. The maximum Gasteiger partial charge on any atom is 0.184 e. The highest BCUT2D eigenvalue weighted by atomic mass is 16.1. The van der Waals surface area contributed by atoms with E-state index in [2.05, 4.69) is 10.1 Å². The van der Waals surface area contributed by atoms with Crippen LogP contribution in [0.1, 0.15) is 5.56 Å². The van der Waals surface area contributed by atoms with Gasteiger partial charge in [0.05, 0.1) is 6.33 Å². The van der Waals surface area contributed by atoms with Gasteiger partial charge < -0.3 is 0 Å². The Morgan fingerprint density at radius 3 is 3.00 bits per heavy atom. The molecule has 0 bridgehead atoms. The summed E-state index contributed by atoms with van der Waals surface area (Å²) in [6.07, 6.45) is 9.98. The van der Waals surface area contributed by atoms with Gasteiger partial charge in [-0.15, -0.1) is 0 Å².